The second kappa shape index (κ2) is 11.3. The van der Waals surface area contributed by atoms with Crippen LogP contribution >= 0.6 is 11.8 Å². The zero-order valence-electron chi connectivity index (χ0n) is 16.9. The number of aliphatic carboxylic acids is 1. The first-order valence-corrected chi connectivity index (χ1v) is 10.5. The van der Waals surface area contributed by atoms with Crippen LogP contribution in [0.3, 0.4) is 0 Å². The summed E-state index contributed by atoms with van der Waals surface area (Å²) >= 11 is 1.10. The molecule has 1 heterocycles. The van der Waals surface area contributed by atoms with E-state index < -0.39 is 42.4 Å². The van der Waals surface area contributed by atoms with Crippen molar-refractivity contribution in [2.75, 3.05) is 19.5 Å². The highest BCUT2D eigenvalue weighted by Crippen LogP contribution is 2.32. The number of rotatable bonds is 6. The number of hydrogen-bond donors (Lipinski definition) is 4. The largest absolute Gasteiger partial charge is 0.507 e. The number of amides is 2. The van der Waals surface area contributed by atoms with Crippen LogP contribution in [0, 0.1) is 0 Å². The van der Waals surface area contributed by atoms with Crippen LogP contribution in [0.15, 0.2) is 24.8 Å². The van der Waals surface area contributed by atoms with Crippen molar-refractivity contribution >= 4 is 35.5 Å². The Morgan fingerprint density at radius 1 is 1.42 bits per heavy atom. The zero-order chi connectivity index (χ0) is 23.0. The van der Waals surface area contributed by atoms with Crippen molar-refractivity contribution in [3.05, 3.63) is 35.9 Å². The monoisotopic (exact) mass is 452 g/mol. The molecule has 4 N–H and O–H groups in total. The number of phenols is 1. The molecule has 0 bridgehead atoms. The van der Waals surface area contributed by atoms with Crippen molar-refractivity contribution in [2.24, 2.45) is 0 Å². The molecule has 0 aromatic heterocycles. The molecule has 1 aromatic rings. The molecule has 0 saturated carbocycles. The minimum atomic E-state index is -1.30. The van der Waals surface area contributed by atoms with Crippen LogP contribution in [-0.2, 0) is 24.9 Å². The first kappa shape index (κ1) is 24.1. The van der Waals surface area contributed by atoms with Gasteiger partial charge in [-0.15, -0.1) is 6.58 Å². The fraction of sp³-hybridized carbons (Fsp3) is 0.400. The van der Waals surface area contributed by atoms with E-state index in [9.17, 15) is 29.4 Å². The SMILES string of the molecule is C=CCCC(=O)N[C@H]1COC(=O)c2cc(OC)cc(O)c2CSC[C@@H](C(=O)O)NC1=O. The molecule has 1 aromatic carbocycles. The second-order valence-corrected chi connectivity index (χ2v) is 7.66. The van der Waals surface area contributed by atoms with E-state index in [1.54, 1.807) is 0 Å². The number of fused-ring (bicyclic) bond motifs is 1. The van der Waals surface area contributed by atoms with Crippen molar-refractivity contribution in [1.82, 2.24) is 10.6 Å². The maximum absolute atomic E-state index is 12.7. The number of carboxylic acid groups (broad SMARTS) is 1. The highest BCUT2D eigenvalue weighted by molar-refractivity contribution is 7.98. The summed E-state index contributed by atoms with van der Waals surface area (Å²) in [6, 6.07) is 0.174. The third-order valence-electron chi connectivity index (χ3n) is 4.41. The normalized spacial score (nSPS) is 19.5. The van der Waals surface area contributed by atoms with Crippen LogP contribution in [0.5, 0.6) is 11.5 Å². The Balaban J connectivity index is 2.35. The molecule has 0 spiro atoms. The molecule has 1 aliphatic rings. The van der Waals surface area contributed by atoms with Gasteiger partial charge < -0.3 is 30.3 Å². The Labute approximate surface area is 183 Å². The standard InChI is InChI=1S/C20H24N2O8S/c1-3-4-5-17(24)21-14-8-30-20(28)12-6-11(29-2)7-16(23)13(12)9-31-10-15(19(26)27)22-18(14)25/h3,6-7,14-15,23H,1,4-5,8-10H2,2H3,(H,21,24)(H,22,25)(H,26,27)/t14-,15-/m0/s1. The van der Waals surface area contributed by atoms with E-state index in [1.165, 1.54) is 25.3 Å². The first-order chi connectivity index (χ1) is 14.8. The molecule has 2 amide bonds. The van der Waals surface area contributed by atoms with Gasteiger partial charge in [0.1, 0.15) is 30.2 Å². The summed E-state index contributed by atoms with van der Waals surface area (Å²) in [7, 11) is 1.37. The first-order valence-electron chi connectivity index (χ1n) is 9.35. The molecule has 2 rings (SSSR count). The molecular weight excluding hydrogens is 428 g/mol. The molecule has 31 heavy (non-hydrogen) atoms. The summed E-state index contributed by atoms with van der Waals surface area (Å²) in [6.45, 7) is 2.99. The summed E-state index contributed by atoms with van der Waals surface area (Å²) in [6.07, 6.45) is 1.98. The van der Waals surface area contributed by atoms with Crippen LogP contribution in [0.2, 0.25) is 0 Å². The third-order valence-corrected chi connectivity index (χ3v) is 5.47. The minimum absolute atomic E-state index is 0.0222. The van der Waals surface area contributed by atoms with Gasteiger partial charge in [-0.1, -0.05) is 6.08 Å². The van der Waals surface area contributed by atoms with Gasteiger partial charge in [-0.05, 0) is 12.5 Å². The third kappa shape index (κ3) is 6.64. The molecule has 10 nitrogen and oxygen atoms in total. The maximum atomic E-state index is 12.7. The van der Waals surface area contributed by atoms with Crippen LogP contribution in [0.4, 0.5) is 0 Å². The Kier molecular flexibility index (Phi) is 8.74. The highest BCUT2D eigenvalue weighted by Gasteiger charge is 2.29. The van der Waals surface area contributed by atoms with Crippen molar-refractivity contribution in [3.63, 3.8) is 0 Å². The number of carbonyl (C=O) groups excluding carboxylic acids is 3. The van der Waals surface area contributed by atoms with Crippen molar-refractivity contribution in [2.45, 2.75) is 30.7 Å². The number of allylic oxidation sites excluding steroid dienone is 1. The molecule has 11 heteroatoms. The average Bonchev–Trinajstić information content (AvgIpc) is 2.73. The van der Waals surface area contributed by atoms with Gasteiger partial charge in [-0.2, -0.15) is 11.8 Å². The van der Waals surface area contributed by atoms with Crippen molar-refractivity contribution < 1.29 is 38.9 Å². The number of thioether (sulfide) groups is 1. The predicted octanol–water partition coefficient (Wildman–Crippen LogP) is 0.825. The van der Waals surface area contributed by atoms with E-state index in [0.717, 1.165) is 11.8 Å². The molecule has 0 fully saturated rings. The lowest BCUT2D eigenvalue weighted by atomic mass is 10.1. The Morgan fingerprint density at radius 3 is 2.81 bits per heavy atom. The summed E-state index contributed by atoms with van der Waals surface area (Å²) in [5.41, 5.74) is 0.271. The van der Waals surface area contributed by atoms with Gasteiger partial charge in [0.25, 0.3) is 0 Å². The number of carboxylic acids is 1. The summed E-state index contributed by atoms with van der Waals surface area (Å²) in [5.74, 6) is -3.27. The molecule has 1 aliphatic heterocycles. The molecule has 0 radical (unpaired) electrons. The fourth-order valence-electron chi connectivity index (χ4n) is 2.73. The topological polar surface area (TPSA) is 151 Å². The van der Waals surface area contributed by atoms with Crippen LogP contribution in [-0.4, -0.2) is 65.5 Å². The molecule has 0 unspecified atom stereocenters. The van der Waals surface area contributed by atoms with E-state index in [2.05, 4.69) is 17.2 Å². The number of nitrogens with one attached hydrogen (secondary N) is 2. The number of aromatic hydroxyl groups is 1. The minimum Gasteiger partial charge on any atom is -0.507 e. The Hall–Kier alpha value is -3.21. The molecular formula is C20H24N2O8S. The van der Waals surface area contributed by atoms with Crippen LogP contribution in [0.1, 0.15) is 28.8 Å². The number of methoxy groups -OCH3 is 1. The number of cyclic esters (lactones) is 1. The molecule has 0 saturated heterocycles. The number of hydrogen-bond acceptors (Lipinski definition) is 8. The second-order valence-electron chi connectivity index (χ2n) is 6.63. The van der Waals surface area contributed by atoms with E-state index in [0.29, 0.717) is 6.42 Å². The van der Waals surface area contributed by atoms with Gasteiger partial charge in [0.15, 0.2) is 0 Å². The fourth-order valence-corrected chi connectivity index (χ4v) is 3.81. The molecule has 168 valence electrons. The van der Waals surface area contributed by atoms with Gasteiger partial charge >= 0.3 is 11.9 Å². The average molecular weight is 452 g/mol. The summed E-state index contributed by atoms with van der Waals surface area (Å²) in [4.78, 5) is 48.9. The van der Waals surface area contributed by atoms with Crippen LogP contribution < -0.4 is 15.4 Å². The van der Waals surface area contributed by atoms with E-state index in [1.807, 2.05) is 0 Å². The number of phenolic OH excluding ortho intramolecular Hbond substituents is 1. The number of ether oxygens (including phenoxy) is 2. The zero-order valence-corrected chi connectivity index (χ0v) is 17.7. The summed E-state index contributed by atoms with van der Waals surface area (Å²) < 4.78 is 10.3. The predicted molar refractivity (Wildman–Crippen MR) is 112 cm³/mol. The van der Waals surface area contributed by atoms with Gasteiger partial charge in [0, 0.05) is 29.6 Å². The van der Waals surface area contributed by atoms with Crippen LogP contribution in [0.25, 0.3) is 0 Å². The lowest BCUT2D eigenvalue weighted by Crippen LogP contribution is -2.54. The quantitative estimate of drug-likeness (QED) is 0.363. The highest BCUT2D eigenvalue weighted by atomic mass is 32.2. The number of esters is 1. The van der Waals surface area contributed by atoms with E-state index in [-0.39, 0.29) is 40.6 Å². The lowest BCUT2D eigenvalue weighted by Gasteiger charge is -2.23. The number of carbonyl (C=O) groups is 4. The van der Waals surface area contributed by atoms with Gasteiger partial charge in [0.05, 0.1) is 12.7 Å². The Morgan fingerprint density at radius 2 is 2.16 bits per heavy atom. The Bertz CT molecular complexity index is 873. The van der Waals surface area contributed by atoms with E-state index in [4.69, 9.17) is 9.47 Å². The van der Waals surface area contributed by atoms with E-state index >= 15 is 0 Å². The van der Waals surface area contributed by atoms with Crippen molar-refractivity contribution in [1.29, 1.82) is 0 Å². The molecule has 2 atom stereocenters. The van der Waals surface area contributed by atoms with Gasteiger partial charge in [-0.25, -0.2) is 9.59 Å². The van der Waals surface area contributed by atoms with Gasteiger partial charge in [0.2, 0.25) is 11.8 Å². The lowest BCUT2D eigenvalue weighted by molar-refractivity contribution is -0.141. The smallest absolute Gasteiger partial charge is 0.338 e. The van der Waals surface area contributed by atoms with Gasteiger partial charge in [-0.3, -0.25) is 9.59 Å². The van der Waals surface area contributed by atoms with Crippen molar-refractivity contribution in [3.8, 4) is 11.5 Å². The molecule has 0 aliphatic carbocycles. The summed E-state index contributed by atoms with van der Waals surface area (Å²) in [5, 5.41) is 24.5. The number of benzene rings is 1. The maximum Gasteiger partial charge on any atom is 0.338 e.